The molecule has 2 rings (SSSR count). The van der Waals surface area contributed by atoms with Gasteiger partial charge in [-0.3, -0.25) is 4.79 Å². The van der Waals surface area contributed by atoms with Gasteiger partial charge in [-0.05, 0) is 36.6 Å². The van der Waals surface area contributed by atoms with Crippen molar-refractivity contribution in [3.63, 3.8) is 0 Å². The Hall–Kier alpha value is -1.48. The van der Waals surface area contributed by atoms with Crippen LogP contribution in [0.5, 0.6) is 0 Å². The third kappa shape index (κ3) is 4.00. The van der Waals surface area contributed by atoms with Gasteiger partial charge in [-0.15, -0.1) is 0 Å². The number of Topliss-reactive ketones (excluding diaryl/α,β-unsaturated/α-hetero) is 1. The quantitative estimate of drug-likeness (QED) is 0.723. The monoisotopic (exact) mass is 320 g/mol. The average molecular weight is 321 g/mol. The van der Waals surface area contributed by atoms with E-state index in [1.54, 1.807) is 6.07 Å². The van der Waals surface area contributed by atoms with Gasteiger partial charge >= 0.3 is 0 Å². The van der Waals surface area contributed by atoms with E-state index in [9.17, 15) is 9.18 Å². The molecule has 0 aliphatic carbocycles. The van der Waals surface area contributed by atoms with Crippen LogP contribution in [-0.4, -0.2) is 5.78 Å². The number of carbonyl (C=O) groups excluding carboxylic acids is 1. The van der Waals surface area contributed by atoms with E-state index in [0.717, 1.165) is 22.0 Å². The third-order valence-electron chi connectivity index (χ3n) is 2.95. The Kier molecular flexibility index (Phi) is 4.86. The molecule has 3 heteroatoms. The first kappa shape index (κ1) is 13.9. The highest BCUT2D eigenvalue weighted by molar-refractivity contribution is 9.10. The Labute approximate surface area is 120 Å². The molecule has 0 N–H and O–H groups in total. The zero-order valence-corrected chi connectivity index (χ0v) is 12.0. The van der Waals surface area contributed by atoms with Gasteiger partial charge < -0.3 is 0 Å². The lowest BCUT2D eigenvalue weighted by molar-refractivity contribution is 0.0980. The zero-order chi connectivity index (χ0) is 13.7. The SMILES string of the molecule is O=C(CCCc1cc(F)ccc1Br)c1ccccc1. The normalized spacial score (nSPS) is 10.4. The van der Waals surface area contributed by atoms with Gasteiger partial charge in [0.15, 0.2) is 5.78 Å². The summed E-state index contributed by atoms with van der Waals surface area (Å²) in [6.45, 7) is 0. The van der Waals surface area contributed by atoms with E-state index in [0.29, 0.717) is 12.8 Å². The maximum atomic E-state index is 13.1. The van der Waals surface area contributed by atoms with Crippen LogP contribution in [0.4, 0.5) is 4.39 Å². The molecule has 0 saturated carbocycles. The molecule has 0 amide bonds. The fourth-order valence-electron chi connectivity index (χ4n) is 1.94. The molecule has 0 aromatic heterocycles. The van der Waals surface area contributed by atoms with Crippen molar-refractivity contribution in [1.82, 2.24) is 0 Å². The van der Waals surface area contributed by atoms with Crippen LogP contribution in [0, 0.1) is 5.82 Å². The third-order valence-corrected chi connectivity index (χ3v) is 3.73. The molecule has 0 spiro atoms. The van der Waals surface area contributed by atoms with Crippen LogP contribution in [0.3, 0.4) is 0 Å². The molecular formula is C16H14BrFO. The largest absolute Gasteiger partial charge is 0.294 e. The van der Waals surface area contributed by atoms with Gasteiger partial charge in [-0.1, -0.05) is 46.3 Å². The van der Waals surface area contributed by atoms with Crippen LogP contribution in [0.25, 0.3) is 0 Å². The summed E-state index contributed by atoms with van der Waals surface area (Å²) < 4.78 is 14.0. The van der Waals surface area contributed by atoms with Crippen LogP contribution in [-0.2, 0) is 6.42 Å². The number of halogens is 2. The fourth-order valence-corrected chi connectivity index (χ4v) is 2.39. The van der Waals surface area contributed by atoms with Crippen molar-refractivity contribution >= 4 is 21.7 Å². The maximum Gasteiger partial charge on any atom is 0.162 e. The summed E-state index contributed by atoms with van der Waals surface area (Å²) in [6.07, 6.45) is 1.89. The lowest BCUT2D eigenvalue weighted by Gasteiger charge is -2.05. The van der Waals surface area contributed by atoms with E-state index in [1.165, 1.54) is 12.1 Å². The van der Waals surface area contributed by atoms with Crippen molar-refractivity contribution in [3.8, 4) is 0 Å². The van der Waals surface area contributed by atoms with Gasteiger partial charge in [0.25, 0.3) is 0 Å². The summed E-state index contributed by atoms with van der Waals surface area (Å²) in [5.41, 5.74) is 1.64. The van der Waals surface area contributed by atoms with Gasteiger partial charge in [-0.2, -0.15) is 0 Å². The summed E-state index contributed by atoms with van der Waals surface area (Å²) in [5, 5.41) is 0. The minimum atomic E-state index is -0.243. The smallest absolute Gasteiger partial charge is 0.162 e. The molecule has 2 aromatic carbocycles. The first-order valence-corrected chi connectivity index (χ1v) is 6.98. The highest BCUT2D eigenvalue weighted by Crippen LogP contribution is 2.20. The number of hydrogen-bond acceptors (Lipinski definition) is 1. The highest BCUT2D eigenvalue weighted by atomic mass is 79.9. The molecular weight excluding hydrogens is 307 g/mol. The number of hydrogen-bond donors (Lipinski definition) is 0. The van der Waals surface area contributed by atoms with Gasteiger partial charge in [0, 0.05) is 16.5 Å². The van der Waals surface area contributed by atoms with Crippen molar-refractivity contribution in [3.05, 3.63) is 69.9 Å². The van der Waals surface area contributed by atoms with Gasteiger partial charge in [0.2, 0.25) is 0 Å². The van der Waals surface area contributed by atoms with Crippen molar-refractivity contribution in [2.24, 2.45) is 0 Å². The van der Waals surface area contributed by atoms with E-state index in [1.807, 2.05) is 30.3 Å². The molecule has 0 aliphatic rings. The fraction of sp³-hybridized carbons (Fsp3) is 0.188. The molecule has 1 nitrogen and oxygen atoms in total. The lowest BCUT2D eigenvalue weighted by Crippen LogP contribution is -2.00. The molecule has 0 heterocycles. The van der Waals surface area contributed by atoms with Gasteiger partial charge in [-0.25, -0.2) is 4.39 Å². The minimum Gasteiger partial charge on any atom is -0.294 e. The number of rotatable bonds is 5. The lowest BCUT2D eigenvalue weighted by atomic mass is 10.0. The first-order valence-electron chi connectivity index (χ1n) is 6.19. The summed E-state index contributed by atoms with van der Waals surface area (Å²) in [7, 11) is 0. The van der Waals surface area contributed by atoms with Crippen LogP contribution in [0.15, 0.2) is 53.0 Å². The molecule has 0 aliphatic heterocycles. The molecule has 0 atom stereocenters. The van der Waals surface area contributed by atoms with Crippen molar-refractivity contribution in [1.29, 1.82) is 0 Å². The van der Waals surface area contributed by atoms with E-state index in [-0.39, 0.29) is 11.6 Å². The highest BCUT2D eigenvalue weighted by Gasteiger charge is 2.06. The predicted molar refractivity (Wildman–Crippen MR) is 77.8 cm³/mol. The van der Waals surface area contributed by atoms with Crippen LogP contribution in [0.2, 0.25) is 0 Å². The second kappa shape index (κ2) is 6.62. The Balaban J connectivity index is 1.90. The molecule has 0 saturated heterocycles. The standard InChI is InChI=1S/C16H14BrFO/c17-15-10-9-14(18)11-13(15)7-4-8-16(19)12-5-2-1-3-6-12/h1-3,5-6,9-11H,4,7-8H2. The van der Waals surface area contributed by atoms with E-state index < -0.39 is 0 Å². The molecule has 0 radical (unpaired) electrons. The zero-order valence-electron chi connectivity index (χ0n) is 10.4. The van der Waals surface area contributed by atoms with E-state index in [2.05, 4.69) is 15.9 Å². The molecule has 98 valence electrons. The molecule has 0 bridgehead atoms. The Morgan fingerprint density at radius 1 is 1.11 bits per heavy atom. The Morgan fingerprint density at radius 2 is 1.84 bits per heavy atom. The van der Waals surface area contributed by atoms with Crippen molar-refractivity contribution in [2.75, 3.05) is 0 Å². The minimum absolute atomic E-state index is 0.133. The number of ketones is 1. The summed E-state index contributed by atoms with van der Waals surface area (Å²) in [5.74, 6) is -0.110. The summed E-state index contributed by atoms with van der Waals surface area (Å²) in [4.78, 5) is 11.9. The molecule has 0 unspecified atom stereocenters. The van der Waals surface area contributed by atoms with Crippen LogP contribution in [0.1, 0.15) is 28.8 Å². The van der Waals surface area contributed by atoms with Crippen molar-refractivity contribution < 1.29 is 9.18 Å². The molecule has 0 fully saturated rings. The topological polar surface area (TPSA) is 17.1 Å². The van der Waals surface area contributed by atoms with Crippen LogP contribution < -0.4 is 0 Å². The summed E-state index contributed by atoms with van der Waals surface area (Å²) in [6, 6.07) is 13.9. The van der Waals surface area contributed by atoms with Gasteiger partial charge in [0.1, 0.15) is 5.82 Å². The average Bonchev–Trinajstić information content (AvgIpc) is 2.43. The Bertz CT molecular complexity index is 566. The first-order chi connectivity index (χ1) is 9.16. The molecule has 2 aromatic rings. The summed E-state index contributed by atoms with van der Waals surface area (Å²) >= 11 is 3.39. The van der Waals surface area contributed by atoms with E-state index >= 15 is 0 Å². The van der Waals surface area contributed by atoms with Crippen molar-refractivity contribution in [2.45, 2.75) is 19.3 Å². The van der Waals surface area contributed by atoms with Gasteiger partial charge in [0.05, 0.1) is 0 Å². The Morgan fingerprint density at radius 3 is 2.58 bits per heavy atom. The molecule has 19 heavy (non-hydrogen) atoms. The van der Waals surface area contributed by atoms with E-state index in [4.69, 9.17) is 0 Å². The second-order valence-corrected chi connectivity index (χ2v) is 5.23. The van der Waals surface area contributed by atoms with Crippen LogP contribution >= 0.6 is 15.9 Å². The number of benzene rings is 2. The maximum absolute atomic E-state index is 13.1. The second-order valence-electron chi connectivity index (χ2n) is 4.38. The number of aryl methyl sites for hydroxylation is 1. The number of carbonyl (C=O) groups is 1. The predicted octanol–water partition coefficient (Wildman–Crippen LogP) is 4.79.